The van der Waals surface area contributed by atoms with Crippen LogP contribution in [-0.2, 0) is 0 Å². The number of hydrogen-bond acceptors (Lipinski definition) is 4. The van der Waals surface area contributed by atoms with E-state index in [1.54, 1.807) is 18.2 Å². The number of carbonyl (C=O) groups excluding carboxylic acids is 2. The van der Waals surface area contributed by atoms with Crippen LogP contribution in [0.4, 0.5) is 5.69 Å². The summed E-state index contributed by atoms with van der Waals surface area (Å²) in [4.78, 5) is 25.7. The molecule has 7 heteroatoms. The summed E-state index contributed by atoms with van der Waals surface area (Å²) in [7, 11) is 3.74. The number of hydrazine groups is 1. The van der Waals surface area contributed by atoms with Crippen LogP contribution < -0.4 is 20.5 Å². The molecule has 114 valence electrons. The quantitative estimate of drug-likeness (QED) is 0.490. The minimum absolute atomic E-state index is 0.273. The maximum Gasteiger partial charge on any atom is 0.270 e. The molecule has 0 saturated carbocycles. The number of pyridine rings is 1. The first kappa shape index (κ1) is 15.3. The van der Waals surface area contributed by atoms with Gasteiger partial charge in [0, 0.05) is 37.5 Å². The van der Waals surface area contributed by atoms with Crippen molar-refractivity contribution in [2.24, 2.45) is 0 Å². The van der Waals surface area contributed by atoms with Crippen molar-refractivity contribution in [1.82, 2.24) is 10.9 Å². The monoisotopic (exact) mass is 300 g/mol. The topological polar surface area (TPSA) is 88.4 Å². The molecule has 2 N–H and O–H groups in total. The van der Waals surface area contributed by atoms with Crippen molar-refractivity contribution in [3.63, 3.8) is 0 Å². The van der Waals surface area contributed by atoms with Gasteiger partial charge in [0.15, 0.2) is 12.4 Å². The number of amides is 2. The molecule has 0 aliphatic heterocycles. The van der Waals surface area contributed by atoms with Gasteiger partial charge >= 0.3 is 0 Å². The van der Waals surface area contributed by atoms with Crippen LogP contribution in [0, 0.1) is 5.21 Å². The highest BCUT2D eigenvalue weighted by Gasteiger charge is 2.10. The third kappa shape index (κ3) is 3.72. The molecule has 0 radical (unpaired) electrons. The van der Waals surface area contributed by atoms with E-state index in [1.165, 1.54) is 24.5 Å². The molecule has 0 atom stereocenters. The van der Waals surface area contributed by atoms with E-state index in [4.69, 9.17) is 0 Å². The summed E-state index contributed by atoms with van der Waals surface area (Å²) in [5, 5.41) is 10.9. The molecule has 0 unspecified atom stereocenters. The molecule has 1 aromatic heterocycles. The normalized spacial score (nSPS) is 9.91. The Morgan fingerprint density at radius 3 is 2.18 bits per heavy atom. The summed E-state index contributed by atoms with van der Waals surface area (Å²) in [6, 6.07) is 9.72. The van der Waals surface area contributed by atoms with E-state index in [2.05, 4.69) is 10.9 Å². The van der Waals surface area contributed by atoms with Crippen LogP contribution in [0.3, 0.4) is 0 Å². The van der Waals surface area contributed by atoms with Gasteiger partial charge in [-0.05, 0) is 18.2 Å². The predicted molar refractivity (Wildman–Crippen MR) is 81.1 cm³/mol. The van der Waals surface area contributed by atoms with Crippen molar-refractivity contribution in [2.75, 3.05) is 19.0 Å². The molecule has 2 rings (SSSR count). The fourth-order valence-electron chi connectivity index (χ4n) is 1.75. The number of carbonyl (C=O) groups is 2. The van der Waals surface area contributed by atoms with Crippen LogP contribution in [0.15, 0.2) is 48.8 Å². The van der Waals surface area contributed by atoms with Crippen molar-refractivity contribution in [2.45, 2.75) is 0 Å². The first-order valence-corrected chi connectivity index (χ1v) is 6.54. The summed E-state index contributed by atoms with van der Waals surface area (Å²) in [6.07, 6.45) is 2.41. The molecule has 2 aromatic rings. The van der Waals surface area contributed by atoms with Gasteiger partial charge in [0.05, 0.1) is 5.56 Å². The second kappa shape index (κ2) is 6.57. The van der Waals surface area contributed by atoms with Gasteiger partial charge in [-0.3, -0.25) is 20.4 Å². The second-order valence-electron chi connectivity index (χ2n) is 4.80. The zero-order chi connectivity index (χ0) is 16.1. The van der Waals surface area contributed by atoms with E-state index in [0.29, 0.717) is 10.3 Å². The molecule has 7 nitrogen and oxygen atoms in total. The Balaban J connectivity index is 1.99. The average molecular weight is 300 g/mol. The van der Waals surface area contributed by atoms with Crippen LogP contribution in [0.25, 0.3) is 0 Å². The zero-order valence-electron chi connectivity index (χ0n) is 12.2. The molecule has 0 fully saturated rings. The molecule has 1 aromatic carbocycles. The Morgan fingerprint density at radius 1 is 1.00 bits per heavy atom. The maximum atomic E-state index is 12.0. The molecule has 0 bridgehead atoms. The molecule has 0 spiro atoms. The van der Waals surface area contributed by atoms with Gasteiger partial charge < -0.3 is 10.1 Å². The minimum atomic E-state index is -0.502. The summed E-state index contributed by atoms with van der Waals surface area (Å²) in [5.41, 5.74) is 6.22. The van der Waals surface area contributed by atoms with Gasteiger partial charge in [-0.2, -0.15) is 4.73 Å². The van der Waals surface area contributed by atoms with Crippen LogP contribution in [0.5, 0.6) is 0 Å². The highest BCUT2D eigenvalue weighted by Crippen LogP contribution is 2.12. The third-order valence-electron chi connectivity index (χ3n) is 2.98. The SMILES string of the molecule is CN(C)c1cccc(C(=O)NNC(=O)c2cc[n+]([O-])cc2)c1. The summed E-state index contributed by atoms with van der Waals surface area (Å²) >= 11 is 0. The Kier molecular flexibility index (Phi) is 4.57. The molecule has 0 saturated heterocycles. The lowest BCUT2D eigenvalue weighted by Crippen LogP contribution is -2.42. The van der Waals surface area contributed by atoms with Crippen LogP contribution in [-0.4, -0.2) is 25.9 Å². The summed E-state index contributed by atoms with van der Waals surface area (Å²) in [6.45, 7) is 0. The smallest absolute Gasteiger partial charge is 0.270 e. The third-order valence-corrected chi connectivity index (χ3v) is 2.98. The number of nitrogens with one attached hydrogen (secondary N) is 2. The van der Waals surface area contributed by atoms with E-state index >= 15 is 0 Å². The minimum Gasteiger partial charge on any atom is -0.619 e. The predicted octanol–water partition coefficient (Wildman–Crippen LogP) is 0.461. The van der Waals surface area contributed by atoms with Gasteiger partial charge in [-0.15, -0.1) is 0 Å². The Labute approximate surface area is 127 Å². The number of rotatable bonds is 3. The van der Waals surface area contributed by atoms with E-state index in [-0.39, 0.29) is 5.56 Å². The molecule has 0 aliphatic rings. The van der Waals surface area contributed by atoms with Gasteiger partial charge in [0.1, 0.15) is 0 Å². The molecule has 22 heavy (non-hydrogen) atoms. The van der Waals surface area contributed by atoms with Gasteiger partial charge in [0.25, 0.3) is 11.8 Å². The van der Waals surface area contributed by atoms with E-state index in [9.17, 15) is 14.8 Å². The van der Waals surface area contributed by atoms with Crippen molar-refractivity contribution >= 4 is 17.5 Å². The Morgan fingerprint density at radius 2 is 1.59 bits per heavy atom. The van der Waals surface area contributed by atoms with Crippen molar-refractivity contribution in [1.29, 1.82) is 0 Å². The van der Waals surface area contributed by atoms with Crippen LogP contribution >= 0.6 is 0 Å². The van der Waals surface area contributed by atoms with Crippen LogP contribution in [0.2, 0.25) is 0 Å². The highest BCUT2D eigenvalue weighted by atomic mass is 16.5. The zero-order valence-corrected chi connectivity index (χ0v) is 12.2. The van der Waals surface area contributed by atoms with Crippen molar-refractivity contribution < 1.29 is 14.3 Å². The number of hydrogen-bond donors (Lipinski definition) is 2. The molecule has 0 aliphatic carbocycles. The van der Waals surface area contributed by atoms with E-state index < -0.39 is 11.8 Å². The molecule has 2 amide bonds. The Bertz CT molecular complexity index is 683. The van der Waals surface area contributed by atoms with E-state index in [1.807, 2.05) is 25.1 Å². The lowest BCUT2D eigenvalue weighted by Gasteiger charge is -2.13. The molecule has 1 heterocycles. The molecular formula is C15H16N4O3. The maximum absolute atomic E-state index is 12.0. The average Bonchev–Trinajstić information content (AvgIpc) is 2.53. The Hall–Kier alpha value is -3.09. The van der Waals surface area contributed by atoms with Crippen molar-refractivity contribution in [3.05, 3.63) is 65.1 Å². The van der Waals surface area contributed by atoms with Crippen molar-refractivity contribution in [3.8, 4) is 0 Å². The molecular weight excluding hydrogens is 284 g/mol. The largest absolute Gasteiger partial charge is 0.619 e. The highest BCUT2D eigenvalue weighted by molar-refractivity contribution is 5.99. The standard InChI is InChI=1S/C15H16N4O3/c1-18(2)13-5-3-4-12(10-13)15(21)17-16-14(20)11-6-8-19(22)9-7-11/h3-10H,1-2H3,(H,16,20)(H,17,21). The lowest BCUT2D eigenvalue weighted by molar-refractivity contribution is -0.605. The number of aromatic nitrogens is 1. The number of anilines is 1. The van der Waals surface area contributed by atoms with E-state index in [0.717, 1.165) is 5.69 Å². The summed E-state index contributed by atoms with van der Waals surface area (Å²) < 4.78 is 0.572. The fourth-order valence-corrected chi connectivity index (χ4v) is 1.75. The summed E-state index contributed by atoms with van der Waals surface area (Å²) in [5.74, 6) is -0.926. The van der Waals surface area contributed by atoms with Gasteiger partial charge in [-0.25, -0.2) is 0 Å². The fraction of sp³-hybridized carbons (Fsp3) is 0.133. The first-order valence-electron chi connectivity index (χ1n) is 6.54. The first-order chi connectivity index (χ1) is 10.5. The van der Waals surface area contributed by atoms with Crippen LogP contribution in [0.1, 0.15) is 20.7 Å². The number of nitrogens with zero attached hydrogens (tertiary/aromatic N) is 2. The lowest BCUT2D eigenvalue weighted by atomic mass is 10.2. The second-order valence-corrected chi connectivity index (χ2v) is 4.80. The van der Waals surface area contributed by atoms with Gasteiger partial charge in [0.2, 0.25) is 0 Å². The van der Waals surface area contributed by atoms with Gasteiger partial charge in [-0.1, -0.05) is 6.07 Å². The number of benzene rings is 1.